The fraction of sp³-hybridized carbons (Fsp3) is 0.364. The molecule has 1 N–H and O–H groups in total. The molecule has 0 spiro atoms. The Balaban J connectivity index is 1.57. The van der Waals surface area contributed by atoms with E-state index in [0.29, 0.717) is 6.04 Å². The summed E-state index contributed by atoms with van der Waals surface area (Å²) in [6, 6.07) is 19.8. The average Bonchev–Trinajstić information content (AvgIpc) is 2.67. The maximum atomic E-state index is 5.52. The number of hydrogen-bond acceptors (Lipinski definition) is 3. The molecular weight excluding hydrogens is 308 g/mol. The van der Waals surface area contributed by atoms with Crippen molar-refractivity contribution in [2.24, 2.45) is 0 Å². The molecule has 2 aromatic carbocycles. The Hall–Kier alpha value is -1.94. The van der Waals surface area contributed by atoms with Crippen LogP contribution in [0.4, 0.5) is 0 Å². The molecule has 3 rings (SSSR count). The summed E-state index contributed by atoms with van der Waals surface area (Å²) in [5.41, 5.74) is 3.93. The molecule has 2 aromatic rings. The van der Waals surface area contributed by atoms with Gasteiger partial charge in [-0.1, -0.05) is 72.3 Å². The molecule has 0 amide bonds. The van der Waals surface area contributed by atoms with Crippen LogP contribution >= 0.6 is 0 Å². The Morgan fingerprint density at radius 2 is 1.76 bits per heavy atom. The molecule has 0 radical (unpaired) electrons. The first-order valence-electron chi connectivity index (χ1n) is 9.13. The second-order valence-corrected chi connectivity index (χ2v) is 6.55. The summed E-state index contributed by atoms with van der Waals surface area (Å²) >= 11 is 0. The Morgan fingerprint density at radius 3 is 2.48 bits per heavy atom. The van der Waals surface area contributed by atoms with E-state index in [1.807, 2.05) is 6.07 Å². The van der Waals surface area contributed by atoms with Crippen LogP contribution in [0.15, 0.2) is 60.7 Å². The molecule has 0 aliphatic carbocycles. The average molecular weight is 336 g/mol. The van der Waals surface area contributed by atoms with Crippen molar-refractivity contribution in [3.8, 4) is 0 Å². The van der Waals surface area contributed by atoms with E-state index in [2.05, 4.69) is 77.8 Å². The molecule has 25 heavy (non-hydrogen) atoms. The molecule has 1 aliphatic heterocycles. The lowest BCUT2D eigenvalue weighted by Gasteiger charge is -2.35. The summed E-state index contributed by atoms with van der Waals surface area (Å²) in [6.07, 6.45) is 4.36. The molecule has 132 valence electrons. The maximum Gasteiger partial charge on any atom is 0.0594 e. The molecule has 1 unspecified atom stereocenters. The minimum Gasteiger partial charge on any atom is -0.379 e. The Labute approximate surface area is 151 Å². The fourth-order valence-corrected chi connectivity index (χ4v) is 3.20. The topological polar surface area (TPSA) is 24.5 Å². The van der Waals surface area contributed by atoms with Crippen molar-refractivity contribution in [1.29, 1.82) is 0 Å². The summed E-state index contributed by atoms with van der Waals surface area (Å²) in [5.74, 6) is 0. The first-order chi connectivity index (χ1) is 12.3. The zero-order valence-electron chi connectivity index (χ0n) is 15.0. The number of nitrogens with zero attached hydrogens (tertiary/aromatic N) is 1. The van der Waals surface area contributed by atoms with E-state index in [4.69, 9.17) is 4.74 Å². The van der Waals surface area contributed by atoms with E-state index in [-0.39, 0.29) is 0 Å². The molecule has 1 aliphatic rings. The van der Waals surface area contributed by atoms with Crippen LogP contribution in [-0.4, -0.2) is 44.3 Å². The lowest BCUT2D eigenvalue weighted by molar-refractivity contribution is 0.0163. The number of ether oxygens (including phenoxy) is 1. The van der Waals surface area contributed by atoms with Crippen molar-refractivity contribution in [1.82, 2.24) is 10.2 Å². The largest absolute Gasteiger partial charge is 0.379 e. The number of nitrogens with one attached hydrogen (secondary N) is 1. The van der Waals surface area contributed by atoms with Gasteiger partial charge in [-0.15, -0.1) is 0 Å². The van der Waals surface area contributed by atoms with Crippen LogP contribution in [0.2, 0.25) is 0 Å². The predicted octanol–water partition coefficient (Wildman–Crippen LogP) is 3.67. The Morgan fingerprint density at radius 1 is 1.04 bits per heavy atom. The molecule has 0 aromatic heterocycles. The van der Waals surface area contributed by atoms with Gasteiger partial charge in [0.2, 0.25) is 0 Å². The van der Waals surface area contributed by atoms with Crippen molar-refractivity contribution < 1.29 is 4.74 Å². The monoisotopic (exact) mass is 336 g/mol. The summed E-state index contributed by atoms with van der Waals surface area (Å²) in [5, 5.41) is 3.60. The van der Waals surface area contributed by atoms with Gasteiger partial charge in [0.15, 0.2) is 0 Å². The third-order valence-corrected chi connectivity index (χ3v) is 4.66. The fourth-order valence-electron chi connectivity index (χ4n) is 3.20. The smallest absolute Gasteiger partial charge is 0.0594 e. The quantitative estimate of drug-likeness (QED) is 0.781. The third-order valence-electron chi connectivity index (χ3n) is 4.66. The van der Waals surface area contributed by atoms with Gasteiger partial charge in [0.1, 0.15) is 0 Å². The van der Waals surface area contributed by atoms with Gasteiger partial charge in [-0.3, -0.25) is 4.90 Å². The first kappa shape index (κ1) is 17.9. The Bertz CT molecular complexity index is 645. The summed E-state index contributed by atoms with van der Waals surface area (Å²) < 4.78 is 5.52. The second kappa shape index (κ2) is 9.52. The van der Waals surface area contributed by atoms with Gasteiger partial charge >= 0.3 is 0 Å². The van der Waals surface area contributed by atoms with Crippen LogP contribution in [0.1, 0.15) is 22.7 Å². The van der Waals surface area contributed by atoms with Gasteiger partial charge in [-0.2, -0.15) is 0 Å². The van der Waals surface area contributed by atoms with E-state index in [1.54, 1.807) is 0 Å². The highest BCUT2D eigenvalue weighted by molar-refractivity contribution is 5.48. The van der Waals surface area contributed by atoms with Crippen LogP contribution in [0.5, 0.6) is 0 Å². The van der Waals surface area contributed by atoms with E-state index >= 15 is 0 Å². The van der Waals surface area contributed by atoms with Crippen LogP contribution < -0.4 is 5.32 Å². The SMILES string of the molecule is Cc1ccc(C(CNC/C=C/c2ccccc2)N2CCOCC2)cc1. The zero-order chi connectivity index (χ0) is 17.3. The van der Waals surface area contributed by atoms with Crippen LogP contribution in [-0.2, 0) is 4.74 Å². The van der Waals surface area contributed by atoms with Crippen LogP contribution in [0, 0.1) is 6.92 Å². The molecular formula is C22H28N2O. The molecule has 3 nitrogen and oxygen atoms in total. The van der Waals surface area contributed by atoms with Crippen LogP contribution in [0.25, 0.3) is 6.08 Å². The predicted molar refractivity (Wildman–Crippen MR) is 105 cm³/mol. The van der Waals surface area contributed by atoms with E-state index in [9.17, 15) is 0 Å². The van der Waals surface area contributed by atoms with Gasteiger partial charge in [0.25, 0.3) is 0 Å². The maximum absolute atomic E-state index is 5.52. The van der Waals surface area contributed by atoms with E-state index < -0.39 is 0 Å². The molecule has 0 saturated carbocycles. The van der Waals surface area contributed by atoms with Gasteiger partial charge in [0, 0.05) is 32.2 Å². The van der Waals surface area contributed by atoms with Gasteiger partial charge < -0.3 is 10.1 Å². The third kappa shape index (κ3) is 5.53. The van der Waals surface area contributed by atoms with Gasteiger partial charge in [0.05, 0.1) is 13.2 Å². The van der Waals surface area contributed by atoms with Crippen molar-refractivity contribution in [2.75, 3.05) is 39.4 Å². The molecule has 1 atom stereocenters. The lowest BCUT2D eigenvalue weighted by atomic mass is 10.0. The van der Waals surface area contributed by atoms with Crippen molar-refractivity contribution in [3.05, 3.63) is 77.4 Å². The molecule has 1 saturated heterocycles. The summed E-state index contributed by atoms with van der Waals surface area (Å²) in [7, 11) is 0. The highest BCUT2D eigenvalue weighted by Gasteiger charge is 2.21. The van der Waals surface area contributed by atoms with E-state index in [0.717, 1.165) is 39.4 Å². The number of morpholine rings is 1. The highest BCUT2D eigenvalue weighted by Crippen LogP contribution is 2.21. The molecule has 3 heteroatoms. The Kier molecular flexibility index (Phi) is 6.80. The summed E-state index contributed by atoms with van der Waals surface area (Å²) in [4.78, 5) is 2.53. The molecule has 0 bridgehead atoms. The number of benzene rings is 2. The molecule has 1 heterocycles. The van der Waals surface area contributed by atoms with Crippen molar-refractivity contribution in [2.45, 2.75) is 13.0 Å². The van der Waals surface area contributed by atoms with E-state index in [1.165, 1.54) is 16.7 Å². The van der Waals surface area contributed by atoms with Crippen LogP contribution in [0.3, 0.4) is 0 Å². The number of aryl methyl sites for hydroxylation is 1. The second-order valence-electron chi connectivity index (χ2n) is 6.55. The normalized spacial score (nSPS) is 17.0. The highest BCUT2D eigenvalue weighted by atomic mass is 16.5. The van der Waals surface area contributed by atoms with Gasteiger partial charge in [-0.05, 0) is 18.1 Å². The summed E-state index contributed by atoms with van der Waals surface area (Å²) in [6.45, 7) is 7.62. The minimum absolute atomic E-state index is 0.398. The van der Waals surface area contributed by atoms with Crippen molar-refractivity contribution >= 4 is 6.08 Å². The first-order valence-corrected chi connectivity index (χ1v) is 9.13. The number of hydrogen-bond donors (Lipinski definition) is 1. The molecule has 1 fully saturated rings. The zero-order valence-corrected chi connectivity index (χ0v) is 15.0. The minimum atomic E-state index is 0.398. The number of rotatable bonds is 7. The lowest BCUT2D eigenvalue weighted by Crippen LogP contribution is -2.42. The van der Waals surface area contributed by atoms with Crippen molar-refractivity contribution in [3.63, 3.8) is 0 Å². The standard InChI is InChI=1S/C22H28N2O/c1-19-9-11-21(12-10-19)22(24-14-16-25-17-15-24)18-23-13-5-8-20-6-3-2-4-7-20/h2-12,22-23H,13-18H2,1H3/b8-5+. The van der Waals surface area contributed by atoms with Gasteiger partial charge in [-0.25, -0.2) is 0 Å².